The highest BCUT2D eigenvalue weighted by molar-refractivity contribution is 5.96. The van der Waals surface area contributed by atoms with Crippen molar-refractivity contribution < 1.29 is 22.4 Å². The Kier molecular flexibility index (Phi) is 4.63. The van der Waals surface area contributed by atoms with E-state index in [0.717, 1.165) is 12.3 Å². The van der Waals surface area contributed by atoms with Crippen LogP contribution in [0.25, 0.3) is 5.69 Å². The van der Waals surface area contributed by atoms with Gasteiger partial charge in [-0.1, -0.05) is 12.1 Å². The average molecular weight is 403 g/mol. The van der Waals surface area contributed by atoms with E-state index in [9.17, 15) is 22.4 Å². The molecule has 3 heterocycles. The Labute approximate surface area is 162 Å². The molecule has 0 bridgehead atoms. The highest BCUT2D eigenvalue weighted by Crippen LogP contribution is 2.29. The minimum atomic E-state index is -4.55. The number of carbonyl (C=O) groups excluding carboxylic acids is 1. The van der Waals surface area contributed by atoms with Crippen molar-refractivity contribution in [2.24, 2.45) is 0 Å². The Morgan fingerprint density at radius 2 is 1.86 bits per heavy atom. The summed E-state index contributed by atoms with van der Waals surface area (Å²) in [4.78, 5) is 15.9. The van der Waals surface area contributed by atoms with Crippen molar-refractivity contribution in [2.45, 2.75) is 12.2 Å². The monoisotopic (exact) mass is 403 g/mol. The Balaban J connectivity index is 1.64. The predicted molar refractivity (Wildman–Crippen MR) is 95.3 cm³/mol. The van der Waals surface area contributed by atoms with Crippen LogP contribution in [-0.4, -0.2) is 20.5 Å². The maximum Gasteiger partial charge on any atom is 0.433 e. The van der Waals surface area contributed by atoms with Crippen LogP contribution in [0.15, 0.2) is 67.1 Å². The molecule has 0 saturated heterocycles. The van der Waals surface area contributed by atoms with Gasteiger partial charge in [0.15, 0.2) is 5.78 Å². The average Bonchev–Trinajstić information content (AvgIpc) is 3.17. The fraction of sp³-hybridized carbons (Fsp3) is 0.105. The molecule has 148 valence electrons. The molecule has 0 spiro atoms. The summed E-state index contributed by atoms with van der Waals surface area (Å²) < 4.78 is 53.6. The van der Waals surface area contributed by atoms with Gasteiger partial charge in [-0.25, -0.2) is 19.5 Å². The number of nitrogens with one attached hydrogen (secondary N) is 1. The lowest BCUT2D eigenvalue weighted by Gasteiger charge is -2.30. The minimum Gasteiger partial charge on any atom is -0.292 e. The molecule has 1 aliphatic rings. The third-order valence-electron chi connectivity index (χ3n) is 4.31. The molecule has 1 N–H and O–H groups in total. The molecule has 4 rings (SSSR count). The summed E-state index contributed by atoms with van der Waals surface area (Å²) in [6.07, 6.45) is 0.582. The van der Waals surface area contributed by atoms with Gasteiger partial charge >= 0.3 is 6.18 Å². The van der Waals surface area contributed by atoms with E-state index in [4.69, 9.17) is 0 Å². The second kappa shape index (κ2) is 7.13. The van der Waals surface area contributed by atoms with E-state index in [1.807, 2.05) is 0 Å². The molecule has 0 saturated carbocycles. The van der Waals surface area contributed by atoms with E-state index in [0.29, 0.717) is 11.4 Å². The van der Waals surface area contributed by atoms with E-state index in [1.165, 1.54) is 52.4 Å². The molecule has 0 amide bonds. The number of ketones is 1. The van der Waals surface area contributed by atoms with Crippen LogP contribution in [0.3, 0.4) is 0 Å². The van der Waals surface area contributed by atoms with Gasteiger partial charge in [-0.2, -0.15) is 18.3 Å². The normalized spacial score (nSPS) is 17.0. The van der Waals surface area contributed by atoms with Crippen molar-refractivity contribution in [1.82, 2.24) is 20.2 Å². The number of aromatic nitrogens is 3. The molecular weight excluding hydrogens is 390 g/mol. The fourth-order valence-corrected chi connectivity index (χ4v) is 2.92. The van der Waals surface area contributed by atoms with Crippen LogP contribution in [0.5, 0.6) is 0 Å². The van der Waals surface area contributed by atoms with Gasteiger partial charge in [0.25, 0.3) is 0 Å². The predicted octanol–water partition coefficient (Wildman–Crippen LogP) is 3.57. The topological polar surface area (TPSA) is 63.1 Å². The molecule has 0 aliphatic carbocycles. The standard InChI is InChI=1S/C19H13F4N5O/c20-13-3-1-2-4-14(13)28-15(7-9-25-28)18-16(29)8-10-27(26-18)12-5-6-17(24-11-12)19(21,22)23/h1-11,18,26H. The number of halogens is 4. The number of anilines is 1. The minimum absolute atomic E-state index is 0.166. The molecule has 3 aromatic rings. The molecule has 1 atom stereocenters. The van der Waals surface area contributed by atoms with Crippen molar-refractivity contribution in [3.05, 3.63) is 84.3 Å². The molecular formula is C19H13F4N5O. The second-order valence-corrected chi connectivity index (χ2v) is 6.17. The molecule has 29 heavy (non-hydrogen) atoms. The molecule has 2 aromatic heterocycles. The molecule has 1 aromatic carbocycles. The highest BCUT2D eigenvalue weighted by Gasteiger charge is 2.33. The van der Waals surface area contributed by atoms with Gasteiger partial charge in [0.2, 0.25) is 0 Å². The van der Waals surface area contributed by atoms with Gasteiger partial charge < -0.3 is 0 Å². The van der Waals surface area contributed by atoms with Crippen molar-refractivity contribution in [1.29, 1.82) is 0 Å². The van der Waals surface area contributed by atoms with Crippen molar-refractivity contribution in [3.63, 3.8) is 0 Å². The van der Waals surface area contributed by atoms with Crippen LogP contribution in [0.4, 0.5) is 23.2 Å². The third-order valence-corrected chi connectivity index (χ3v) is 4.31. The summed E-state index contributed by atoms with van der Waals surface area (Å²) in [6.45, 7) is 0. The number of nitrogens with zero attached hydrogens (tertiary/aromatic N) is 4. The van der Waals surface area contributed by atoms with Crippen LogP contribution in [0, 0.1) is 5.82 Å². The van der Waals surface area contributed by atoms with E-state index in [2.05, 4.69) is 15.5 Å². The Morgan fingerprint density at radius 1 is 1.07 bits per heavy atom. The number of rotatable bonds is 3. The Bertz CT molecular complexity index is 1070. The number of para-hydroxylation sites is 1. The first-order valence-electron chi connectivity index (χ1n) is 8.44. The zero-order valence-electron chi connectivity index (χ0n) is 14.6. The van der Waals surface area contributed by atoms with Gasteiger partial charge in [0, 0.05) is 18.5 Å². The molecule has 1 unspecified atom stereocenters. The van der Waals surface area contributed by atoms with Crippen LogP contribution in [0.1, 0.15) is 17.4 Å². The second-order valence-electron chi connectivity index (χ2n) is 6.17. The van der Waals surface area contributed by atoms with Crippen LogP contribution < -0.4 is 10.4 Å². The van der Waals surface area contributed by atoms with Crippen LogP contribution in [-0.2, 0) is 11.0 Å². The SMILES string of the molecule is O=C1C=CN(c2ccc(C(F)(F)F)nc2)NC1c1ccnn1-c1ccccc1F. The largest absolute Gasteiger partial charge is 0.433 e. The third kappa shape index (κ3) is 3.61. The van der Waals surface area contributed by atoms with Crippen molar-refractivity contribution in [3.8, 4) is 5.69 Å². The number of hydrazine groups is 1. The zero-order chi connectivity index (χ0) is 20.6. The number of pyridine rings is 1. The number of carbonyl (C=O) groups is 1. The van der Waals surface area contributed by atoms with E-state index in [-0.39, 0.29) is 11.5 Å². The van der Waals surface area contributed by atoms with Gasteiger partial charge in [0.05, 0.1) is 17.6 Å². The summed E-state index contributed by atoms with van der Waals surface area (Å²) in [5.41, 5.74) is 2.71. The Morgan fingerprint density at radius 3 is 2.55 bits per heavy atom. The van der Waals surface area contributed by atoms with E-state index < -0.39 is 23.7 Å². The highest BCUT2D eigenvalue weighted by atomic mass is 19.4. The first-order valence-corrected chi connectivity index (χ1v) is 8.44. The van der Waals surface area contributed by atoms with Crippen molar-refractivity contribution >= 4 is 11.5 Å². The Hall–Kier alpha value is -3.53. The van der Waals surface area contributed by atoms with Crippen LogP contribution in [0.2, 0.25) is 0 Å². The number of benzene rings is 1. The zero-order valence-corrected chi connectivity index (χ0v) is 14.6. The number of alkyl halides is 3. The lowest BCUT2D eigenvalue weighted by Crippen LogP contribution is -2.44. The molecule has 6 nitrogen and oxygen atoms in total. The molecule has 1 aliphatic heterocycles. The van der Waals surface area contributed by atoms with Gasteiger partial charge in [-0.3, -0.25) is 9.80 Å². The first-order chi connectivity index (χ1) is 13.8. The molecule has 0 fully saturated rings. The maximum atomic E-state index is 14.2. The maximum absolute atomic E-state index is 14.2. The van der Waals surface area contributed by atoms with Gasteiger partial charge in [0.1, 0.15) is 23.2 Å². The van der Waals surface area contributed by atoms with Crippen LogP contribution >= 0.6 is 0 Å². The number of hydrogen-bond donors (Lipinski definition) is 1. The molecule has 10 heteroatoms. The lowest BCUT2D eigenvalue weighted by atomic mass is 10.1. The summed E-state index contributed by atoms with van der Waals surface area (Å²) in [5.74, 6) is -0.834. The van der Waals surface area contributed by atoms with E-state index >= 15 is 0 Å². The summed E-state index contributed by atoms with van der Waals surface area (Å²) >= 11 is 0. The summed E-state index contributed by atoms with van der Waals surface area (Å²) in [5, 5.41) is 5.47. The van der Waals surface area contributed by atoms with Gasteiger partial charge in [-0.15, -0.1) is 0 Å². The van der Waals surface area contributed by atoms with E-state index in [1.54, 1.807) is 12.1 Å². The summed E-state index contributed by atoms with van der Waals surface area (Å²) in [6, 6.07) is 8.68. The summed E-state index contributed by atoms with van der Waals surface area (Å²) in [7, 11) is 0. The quantitative estimate of drug-likeness (QED) is 0.678. The fourth-order valence-electron chi connectivity index (χ4n) is 2.92. The van der Waals surface area contributed by atoms with Crippen molar-refractivity contribution in [2.75, 3.05) is 5.01 Å². The lowest BCUT2D eigenvalue weighted by molar-refractivity contribution is -0.141. The van der Waals surface area contributed by atoms with Gasteiger partial charge in [-0.05, 0) is 30.3 Å². The molecule has 0 radical (unpaired) electrons. The smallest absolute Gasteiger partial charge is 0.292 e. The number of hydrogen-bond acceptors (Lipinski definition) is 5. The first kappa shape index (κ1) is 18.8.